The standard InChI is InChI=1S/C12H12F3NO/c1-7(2)10-5-8-3-4-9(6-11(8)16-10)17-12(13,14)15/h3-4,6-7H,5H2,1-2H3. The van der Waals surface area contributed by atoms with Crippen LogP contribution in [0.2, 0.25) is 0 Å². The molecule has 0 spiro atoms. The maximum atomic E-state index is 12.0. The molecule has 1 aromatic rings. The molecular formula is C12H12F3NO. The van der Waals surface area contributed by atoms with Crippen LogP contribution in [-0.4, -0.2) is 12.1 Å². The molecule has 0 saturated heterocycles. The Morgan fingerprint density at radius 3 is 2.59 bits per heavy atom. The Kier molecular flexibility index (Phi) is 2.85. The number of ether oxygens (including phenoxy) is 1. The Balaban J connectivity index is 2.24. The Morgan fingerprint density at radius 1 is 1.29 bits per heavy atom. The zero-order valence-corrected chi connectivity index (χ0v) is 9.51. The molecule has 0 aliphatic carbocycles. The summed E-state index contributed by atoms with van der Waals surface area (Å²) in [4.78, 5) is 4.31. The summed E-state index contributed by atoms with van der Waals surface area (Å²) in [6, 6.07) is 4.29. The van der Waals surface area contributed by atoms with Gasteiger partial charge in [0.1, 0.15) is 5.75 Å². The smallest absolute Gasteiger partial charge is 0.406 e. The van der Waals surface area contributed by atoms with Crippen molar-refractivity contribution in [3.8, 4) is 5.75 Å². The van der Waals surface area contributed by atoms with Crippen molar-refractivity contribution in [1.29, 1.82) is 0 Å². The van der Waals surface area contributed by atoms with E-state index < -0.39 is 6.36 Å². The lowest BCUT2D eigenvalue weighted by atomic mass is 10.0. The first-order valence-electron chi connectivity index (χ1n) is 5.31. The Hall–Kier alpha value is -1.52. The number of alkyl halides is 3. The van der Waals surface area contributed by atoms with Crippen LogP contribution in [0.15, 0.2) is 23.2 Å². The molecule has 1 heterocycles. The lowest BCUT2D eigenvalue weighted by molar-refractivity contribution is -0.274. The van der Waals surface area contributed by atoms with E-state index in [1.807, 2.05) is 13.8 Å². The number of aliphatic imine (C=N–C) groups is 1. The first-order valence-corrected chi connectivity index (χ1v) is 5.31. The van der Waals surface area contributed by atoms with Crippen LogP contribution >= 0.6 is 0 Å². The molecule has 0 aromatic heterocycles. The number of nitrogens with zero attached hydrogens (tertiary/aromatic N) is 1. The second-order valence-electron chi connectivity index (χ2n) is 4.27. The van der Waals surface area contributed by atoms with Crippen molar-refractivity contribution in [2.24, 2.45) is 10.9 Å². The van der Waals surface area contributed by atoms with Crippen molar-refractivity contribution in [2.75, 3.05) is 0 Å². The molecule has 1 aliphatic heterocycles. The van der Waals surface area contributed by atoms with Gasteiger partial charge in [0, 0.05) is 18.2 Å². The maximum Gasteiger partial charge on any atom is 0.573 e. The third-order valence-corrected chi connectivity index (χ3v) is 2.59. The van der Waals surface area contributed by atoms with Crippen LogP contribution in [-0.2, 0) is 6.42 Å². The van der Waals surface area contributed by atoms with E-state index in [1.54, 1.807) is 6.07 Å². The molecule has 17 heavy (non-hydrogen) atoms. The van der Waals surface area contributed by atoms with E-state index in [1.165, 1.54) is 12.1 Å². The van der Waals surface area contributed by atoms with E-state index in [9.17, 15) is 13.2 Å². The first-order chi connectivity index (χ1) is 7.85. The maximum absolute atomic E-state index is 12.0. The fourth-order valence-corrected chi connectivity index (χ4v) is 1.72. The monoisotopic (exact) mass is 243 g/mol. The van der Waals surface area contributed by atoms with Gasteiger partial charge in [0.05, 0.1) is 5.69 Å². The summed E-state index contributed by atoms with van der Waals surface area (Å²) >= 11 is 0. The topological polar surface area (TPSA) is 21.6 Å². The highest BCUT2D eigenvalue weighted by atomic mass is 19.4. The molecule has 5 heteroatoms. The number of halogens is 3. The normalized spacial score (nSPS) is 14.8. The minimum Gasteiger partial charge on any atom is -0.406 e. The van der Waals surface area contributed by atoms with Crippen LogP contribution in [0.3, 0.4) is 0 Å². The number of benzene rings is 1. The number of fused-ring (bicyclic) bond motifs is 1. The summed E-state index contributed by atoms with van der Waals surface area (Å²) in [5, 5.41) is 0. The van der Waals surface area contributed by atoms with Crippen molar-refractivity contribution in [2.45, 2.75) is 26.6 Å². The largest absolute Gasteiger partial charge is 0.573 e. The summed E-state index contributed by atoms with van der Waals surface area (Å²) in [6.07, 6.45) is -3.95. The van der Waals surface area contributed by atoms with Crippen LogP contribution in [0.25, 0.3) is 0 Å². The van der Waals surface area contributed by atoms with Gasteiger partial charge in [-0.2, -0.15) is 0 Å². The molecule has 0 N–H and O–H groups in total. The van der Waals surface area contributed by atoms with E-state index >= 15 is 0 Å². The molecule has 92 valence electrons. The average molecular weight is 243 g/mol. The van der Waals surface area contributed by atoms with E-state index in [0.29, 0.717) is 18.0 Å². The van der Waals surface area contributed by atoms with Crippen molar-refractivity contribution < 1.29 is 17.9 Å². The van der Waals surface area contributed by atoms with Gasteiger partial charge in [-0.1, -0.05) is 19.9 Å². The van der Waals surface area contributed by atoms with Crippen molar-refractivity contribution in [1.82, 2.24) is 0 Å². The van der Waals surface area contributed by atoms with Gasteiger partial charge in [-0.3, -0.25) is 4.99 Å². The SMILES string of the molecule is CC(C)C1=Nc2cc(OC(F)(F)F)ccc2C1. The molecule has 0 amide bonds. The van der Waals surface area contributed by atoms with Crippen molar-refractivity contribution in [3.63, 3.8) is 0 Å². The molecule has 0 atom stereocenters. The molecule has 1 aromatic carbocycles. The molecule has 2 rings (SSSR count). The van der Waals surface area contributed by atoms with Crippen LogP contribution < -0.4 is 4.74 Å². The molecule has 0 saturated carbocycles. The van der Waals surface area contributed by atoms with Gasteiger partial charge in [-0.15, -0.1) is 13.2 Å². The third kappa shape index (κ3) is 2.78. The fourth-order valence-electron chi connectivity index (χ4n) is 1.72. The summed E-state index contributed by atoms with van der Waals surface area (Å²) in [6.45, 7) is 4.02. The van der Waals surface area contributed by atoms with Gasteiger partial charge in [-0.25, -0.2) is 0 Å². The zero-order valence-electron chi connectivity index (χ0n) is 9.51. The third-order valence-electron chi connectivity index (χ3n) is 2.59. The highest BCUT2D eigenvalue weighted by Crippen LogP contribution is 2.34. The van der Waals surface area contributed by atoms with E-state index in [0.717, 1.165) is 11.3 Å². The minimum absolute atomic E-state index is 0.218. The van der Waals surface area contributed by atoms with Crippen LogP contribution in [0, 0.1) is 5.92 Å². The molecule has 1 aliphatic rings. The predicted octanol–water partition coefficient (Wildman–Crippen LogP) is 3.87. The van der Waals surface area contributed by atoms with E-state index in [-0.39, 0.29) is 5.75 Å². The number of hydrogen-bond acceptors (Lipinski definition) is 2. The van der Waals surface area contributed by atoms with Gasteiger partial charge < -0.3 is 4.74 Å². The number of hydrogen-bond donors (Lipinski definition) is 0. The fraction of sp³-hybridized carbons (Fsp3) is 0.417. The van der Waals surface area contributed by atoms with Crippen LogP contribution in [0.5, 0.6) is 5.75 Å². The Morgan fingerprint density at radius 2 is 2.00 bits per heavy atom. The van der Waals surface area contributed by atoms with Crippen molar-refractivity contribution in [3.05, 3.63) is 23.8 Å². The minimum atomic E-state index is -4.66. The summed E-state index contributed by atoms with van der Waals surface area (Å²) in [5.41, 5.74) is 2.52. The van der Waals surface area contributed by atoms with Crippen molar-refractivity contribution >= 4 is 11.4 Å². The van der Waals surface area contributed by atoms with Crippen LogP contribution in [0.1, 0.15) is 19.4 Å². The lowest BCUT2D eigenvalue weighted by Crippen LogP contribution is -2.17. The van der Waals surface area contributed by atoms with Gasteiger partial charge >= 0.3 is 6.36 Å². The highest BCUT2D eigenvalue weighted by Gasteiger charge is 2.31. The second kappa shape index (κ2) is 4.05. The first kappa shape index (κ1) is 12.0. The summed E-state index contributed by atoms with van der Waals surface area (Å²) < 4.78 is 40.0. The summed E-state index contributed by atoms with van der Waals surface area (Å²) in [5.74, 6) is 0.0828. The van der Waals surface area contributed by atoms with Gasteiger partial charge in [0.25, 0.3) is 0 Å². The molecule has 0 unspecified atom stereocenters. The van der Waals surface area contributed by atoms with Gasteiger partial charge in [0.2, 0.25) is 0 Å². The lowest BCUT2D eigenvalue weighted by Gasteiger charge is -2.09. The Labute approximate surface area is 97.1 Å². The average Bonchev–Trinajstić information content (AvgIpc) is 2.57. The van der Waals surface area contributed by atoms with Gasteiger partial charge in [0.15, 0.2) is 0 Å². The number of rotatable bonds is 2. The zero-order chi connectivity index (χ0) is 12.6. The van der Waals surface area contributed by atoms with Crippen LogP contribution in [0.4, 0.5) is 18.9 Å². The second-order valence-corrected chi connectivity index (χ2v) is 4.27. The molecule has 2 nitrogen and oxygen atoms in total. The molecule has 0 radical (unpaired) electrons. The van der Waals surface area contributed by atoms with E-state index in [4.69, 9.17) is 0 Å². The highest BCUT2D eigenvalue weighted by molar-refractivity contribution is 5.95. The Bertz CT molecular complexity index is 463. The summed E-state index contributed by atoms with van der Waals surface area (Å²) in [7, 11) is 0. The molecule has 0 fully saturated rings. The molecular weight excluding hydrogens is 231 g/mol. The molecule has 0 bridgehead atoms. The van der Waals surface area contributed by atoms with Gasteiger partial charge in [-0.05, 0) is 17.5 Å². The van der Waals surface area contributed by atoms with E-state index in [2.05, 4.69) is 9.73 Å². The quantitative estimate of drug-likeness (QED) is 0.772. The predicted molar refractivity (Wildman–Crippen MR) is 58.8 cm³/mol.